The van der Waals surface area contributed by atoms with Crippen LogP contribution < -0.4 is 0 Å². The normalized spacial score (nSPS) is 17.0. The maximum atomic E-state index is 12.4. The van der Waals surface area contributed by atoms with E-state index in [4.69, 9.17) is 14.2 Å². The summed E-state index contributed by atoms with van der Waals surface area (Å²) in [5.41, 5.74) is 1.21. The lowest BCUT2D eigenvalue weighted by atomic mass is 9.88. The third-order valence-electron chi connectivity index (χ3n) is 3.48. The Morgan fingerprint density at radius 2 is 1.75 bits per heavy atom. The van der Waals surface area contributed by atoms with E-state index < -0.39 is 17.9 Å². The van der Waals surface area contributed by atoms with Crippen LogP contribution in [0.25, 0.3) is 0 Å². The number of carbonyl (C=O) groups is 2. The Bertz CT molecular complexity index is 705. The smallest absolute Gasteiger partial charge is 0.373 e. The maximum Gasteiger partial charge on any atom is 0.373 e. The van der Waals surface area contributed by atoms with Crippen molar-refractivity contribution in [3.05, 3.63) is 57.5 Å². The monoisotopic (exact) mass is 394 g/mol. The number of hydrogen-bond acceptors (Lipinski definition) is 5. The predicted molar refractivity (Wildman–Crippen MR) is 92.0 cm³/mol. The van der Waals surface area contributed by atoms with Crippen molar-refractivity contribution in [2.75, 3.05) is 13.2 Å². The van der Waals surface area contributed by atoms with Gasteiger partial charge in [0.05, 0.1) is 18.8 Å². The van der Waals surface area contributed by atoms with Crippen molar-refractivity contribution in [1.29, 1.82) is 0 Å². The molecule has 128 valence electrons. The van der Waals surface area contributed by atoms with E-state index in [1.54, 1.807) is 26.8 Å². The molecule has 0 aromatic heterocycles. The zero-order valence-electron chi connectivity index (χ0n) is 13.8. The molecule has 0 bridgehead atoms. The third kappa shape index (κ3) is 3.87. The zero-order valence-corrected chi connectivity index (χ0v) is 15.4. The number of carbonyl (C=O) groups excluding carboxylic acids is 2. The third-order valence-corrected chi connectivity index (χ3v) is 4.21. The fourth-order valence-electron chi connectivity index (χ4n) is 2.47. The molecule has 0 saturated heterocycles. The van der Waals surface area contributed by atoms with Gasteiger partial charge in [0.15, 0.2) is 0 Å². The van der Waals surface area contributed by atoms with E-state index in [-0.39, 0.29) is 19.0 Å². The van der Waals surface area contributed by atoms with Crippen LogP contribution in [0.1, 0.15) is 32.3 Å². The molecule has 1 aromatic rings. The first kappa shape index (κ1) is 18.3. The second-order valence-electron chi connectivity index (χ2n) is 5.04. The van der Waals surface area contributed by atoms with E-state index in [1.165, 1.54) is 0 Å². The van der Waals surface area contributed by atoms with E-state index in [0.717, 1.165) is 10.0 Å². The molecule has 0 saturated carbocycles. The van der Waals surface area contributed by atoms with Gasteiger partial charge in [-0.15, -0.1) is 0 Å². The minimum absolute atomic E-state index is 0.0724. The van der Waals surface area contributed by atoms with Crippen LogP contribution in [0.2, 0.25) is 0 Å². The van der Waals surface area contributed by atoms with E-state index in [0.29, 0.717) is 11.3 Å². The number of halogens is 1. The van der Waals surface area contributed by atoms with Gasteiger partial charge in [-0.2, -0.15) is 0 Å². The molecule has 6 heteroatoms. The Labute approximate surface area is 149 Å². The average molecular weight is 395 g/mol. The van der Waals surface area contributed by atoms with Gasteiger partial charge in [0.1, 0.15) is 5.76 Å². The van der Waals surface area contributed by atoms with Crippen LogP contribution in [0.15, 0.2) is 51.9 Å². The van der Waals surface area contributed by atoms with Crippen molar-refractivity contribution in [3.8, 4) is 0 Å². The largest absolute Gasteiger partial charge is 0.463 e. The SMILES string of the molecule is CCOC(=O)C1=C[C@@H](c2ccccc2Br)C(C(=O)OCC)=C(C)O1. The van der Waals surface area contributed by atoms with Crippen molar-refractivity contribution in [2.24, 2.45) is 0 Å². The summed E-state index contributed by atoms with van der Waals surface area (Å²) in [6.07, 6.45) is 1.59. The number of esters is 2. The molecule has 1 aromatic carbocycles. The molecule has 2 rings (SSSR count). The molecular formula is C18H19BrO5. The van der Waals surface area contributed by atoms with Crippen LogP contribution in [0.3, 0.4) is 0 Å². The standard InChI is InChI=1S/C18H19BrO5/c1-4-22-17(20)15-10-13(12-8-6-7-9-14(12)19)16(11(3)24-15)18(21)23-5-2/h6-10,13H,4-5H2,1-3H3/t13-/m0/s1. The summed E-state index contributed by atoms with van der Waals surface area (Å²) in [5.74, 6) is -1.08. The van der Waals surface area contributed by atoms with Gasteiger partial charge in [0.2, 0.25) is 5.76 Å². The number of benzene rings is 1. The molecule has 5 nitrogen and oxygen atoms in total. The summed E-state index contributed by atoms with van der Waals surface area (Å²) in [7, 11) is 0. The Morgan fingerprint density at radius 3 is 2.38 bits per heavy atom. The Morgan fingerprint density at radius 1 is 1.12 bits per heavy atom. The minimum atomic E-state index is -0.559. The summed E-state index contributed by atoms with van der Waals surface area (Å²) in [5, 5.41) is 0. The van der Waals surface area contributed by atoms with Crippen LogP contribution in [-0.2, 0) is 23.8 Å². The van der Waals surface area contributed by atoms with Crippen molar-refractivity contribution in [2.45, 2.75) is 26.7 Å². The molecule has 0 unspecified atom stereocenters. The number of ether oxygens (including phenoxy) is 3. The van der Waals surface area contributed by atoms with Crippen LogP contribution >= 0.6 is 15.9 Å². The number of allylic oxidation sites excluding steroid dienone is 2. The van der Waals surface area contributed by atoms with Gasteiger partial charge in [-0.25, -0.2) is 9.59 Å². The molecule has 0 spiro atoms. The van der Waals surface area contributed by atoms with Crippen LogP contribution in [0.5, 0.6) is 0 Å². The zero-order chi connectivity index (χ0) is 17.7. The van der Waals surface area contributed by atoms with E-state index >= 15 is 0 Å². The number of hydrogen-bond donors (Lipinski definition) is 0. The summed E-state index contributed by atoms with van der Waals surface area (Å²) in [6.45, 7) is 5.60. The fraction of sp³-hybridized carbons (Fsp3) is 0.333. The molecule has 0 aliphatic carbocycles. The molecule has 0 N–H and O–H groups in total. The van der Waals surface area contributed by atoms with Crippen molar-refractivity contribution < 1.29 is 23.8 Å². The molecule has 0 amide bonds. The molecule has 24 heavy (non-hydrogen) atoms. The second-order valence-corrected chi connectivity index (χ2v) is 5.90. The van der Waals surface area contributed by atoms with Crippen LogP contribution in [-0.4, -0.2) is 25.2 Å². The van der Waals surface area contributed by atoms with Gasteiger partial charge < -0.3 is 14.2 Å². The van der Waals surface area contributed by atoms with E-state index in [9.17, 15) is 9.59 Å². The first-order valence-electron chi connectivity index (χ1n) is 7.68. The van der Waals surface area contributed by atoms with Crippen molar-refractivity contribution in [3.63, 3.8) is 0 Å². The first-order valence-corrected chi connectivity index (χ1v) is 8.47. The van der Waals surface area contributed by atoms with Gasteiger partial charge in [0, 0.05) is 10.4 Å². The predicted octanol–water partition coefficient (Wildman–Crippen LogP) is 3.85. The van der Waals surface area contributed by atoms with Crippen molar-refractivity contribution >= 4 is 27.9 Å². The van der Waals surface area contributed by atoms with Gasteiger partial charge in [-0.3, -0.25) is 0 Å². The highest BCUT2D eigenvalue weighted by atomic mass is 79.9. The summed E-state index contributed by atoms with van der Waals surface area (Å²) in [4.78, 5) is 24.4. The molecule has 0 radical (unpaired) electrons. The Balaban J connectivity index is 2.51. The first-order chi connectivity index (χ1) is 11.5. The van der Waals surface area contributed by atoms with Gasteiger partial charge >= 0.3 is 11.9 Å². The van der Waals surface area contributed by atoms with Gasteiger partial charge in [-0.05, 0) is 38.5 Å². The lowest BCUT2D eigenvalue weighted by molar-refractivity contribution is -0.143. The highest BCUT2D eigenvalue weighted by molar-refractivity contribution is 9.10. The summed E-state index contributed by atoms with van der Waals surface area (Å²) >= 11 is 3.49. The molecule has 1 aliphatic rings. The fourth-order valence-corrected chi connectivity index (χ4v) is 3.00. The van der Waals surface area contributed by atoms with Crippen LogP contribution in [0.4, 0.5) is 0 Å². The van der Waals surface area contributed by atoms with Crippen molar-refractivity contribution in [1.82, 2.24) is 0 Å². The summed E-state index contributed by atoms with van der Waals surface area (Å²) < 4.78 is 16.5. The lowest BCUT2D eigenvalue weighted by Gasteiger charge is -2.25. The summed E-state index contributed by atoms with van der Waals surface area (Å²) in [6, 6.07) is 7.50. The van der Waals surface area contributed by atoms with Gasteiger partial charge in [-0.1, -0.05) is 34.1 Å². The maximum absolute atomic E-state index is 12.4. The molecule has 1 aliphatic heterocycles. The topological polar surface area (TPSA) is 61.8 Å². The van der Waals surface area contributed by atoms with E-state index in [2.05, 4.69) is 15.9 Å². The minimum Gasteiger partial charge on any atom is -0.463 e. The van der Waals surface area contributed by atoms with Gasteiger partial charge in [0.25, 0.3) is 0 Å². The number of rotatable bonds is 5. The molecular weight excluding hydrogens is 376 g/mol. The molecule has 0 fully saturated rings. The Kier molecular flexibility index (Phi) is 6.20. The average Bonchev–Trinajstić information content (AvgIpc) is 2.55. The second kappa shape index (κ2) is 8.15. The highest BCUT2D eigenvalue weighted by Crippen LogP contribution is 2.38. The lowest BCUT2D eigenvalue weighted by Crippen LogP contribution is -2.23. The molecule has 1 atom stereocenters. The van der Waals surface area contributed by atoms with Crippen LogP contribution in [0, 0.1) is 0 Å². The van der Waals surface area contributed by atoms with E-state index in [1.807, 2.05) is 24.3 Å². The Hall–Kier alpha value is -2.08. The molecule has 1 heterocycles. The highest BCUT2D eigenvalue weighted by Gasteiger charge is 2.33. The quantitative estimate of drug-likeness (QED) is 0.709.